The van der Waals surface area contributed by atoms with E-state index in [1.807, 2.05) is 18.2 Å². The fourth-order valence-electron chi connectivity index (χ4n) is 2.99. The fraction of sp³-hybridized carbons (Fsp3) is 0.150. The quantitative estimate of drug-likeness (QED) is 0.270. The summed E-state index contributed by atoms with van der Waals surface area (Å²) in [7, 11) is 0. The van der Waals surface area contributed by atoms with E-state index in [-0.39, 0.29) is 49.6 Å². The Hall–Kier alpha value is -1.69. The number of hydrogen-bond acceptors (Lipinski definition) is 5. The number of aromatic amines is 1. The number of nitrogens with zero attached hydrogens (tertiary/aromatic N) is 3. The Kier molecular flexibility index (Phi) is 6.09. The molecule has 1 aliphatic rings. The van der Waals surface area contributed by atoms with Gasteiger partial charge in [0.05, 0.1) is 0 Å². The molecule has 2 heterocycles. The third-order valence-corrected chi connectivity index (χ3v) is 5.45. The minimum Gasteiger partial charge on any atom is -0.699 e. The monoisotopic (exact) mass is 618 g/mol. The van der Waals surface area contributed by atoms with E-state index in [1.54, 1.807) is 24.3 Å². The van der Waals surface area contributed by atoms with Crippen LogP contribution in [0.3, 0.4) is 0 Å². The van der Waals surface area contributed by atoms with E-state index in [0.29, 0.717) is 33.8 Å². The van der Waals surface area contributed by atoms with E-state index in [1.165, 1.54) is 30.7 Å². The van der Waals surface area contributed by atoms with Gasteiger partial charge in [0.25, 0.3) is 0 Å². The molecule has 1 fully saturated rings. The van der Waals surface area contributed by atoms with Crippen LogP contribution < -0.4 is 5.32 Å². The van der Waals surface area contributed by atoms with Crippen molar-refractivity contribution in [3.63, 3.8) is 0 Å². The molecule has 5 rings (SSSR count). The molecule has 0 unspecified atom stereocenters. The number of hydrogen-bond donors (Lipinski definition) is 2. The second-order valence-corrected chi connectivity index (χ2v) is 7.77. The average molecular weight is 618 g/mol. The summed E-state index contributed by atoms with van der Waals surface area (Å²) in [6.45, 7) is 0. The van der Waals surface area contributed by atoms with Crippen LogP contribution in [-0.2, 0) is 0 Å². The van der Waals surface area contributed by atoms with Crippen LogP contribution in [0.5, 0.6) is 0 Å². The average Bonchev–Trinajstić information content (AvgIpc) is 3.44. The number of rotatable bonds is 5. The van der Waals surface area contributed by atoms with E-state index < -0.39 is 5.82 Å². The number of anilines is 2. The first-order chi connectivity index (χ1) is 13.7. The second-order valence-electron chi connectivity index (χ2n) is 6.73. The molecule has 0 bridgehead atoms. The van der Waals surface area contributed by atoms with Gasteiger partial charge in [0.1, 0.15) is 17.2 Å². The predicted molar refractivity (Wildman–Crippen MR) is 108 cm³/mol. The van der Waals surface area contributed by atoms with Gasteiger partial charge in [0.2, 0.25) is 0 Å². The Labute approximate surface area is 206 Å². The Bertz CT molecular complexity index is 1160. The van der Waals surface area contributed by atoms with Gasteiger partial charge in [-0.05, 0) is 48.9 Å². The van der Waals surface area contributed by atoms with Gasteiger partial charge in [-0.15, -0.1) is 5.69 Å². The molecule has 143 valence electrons. The van der Waals surface area contributed by atoms with Crippen LogP contribution in [-0.4, -0.2) is 20.2 Å². The van der Waals surface area contributed by atoms with E-state index in [4.69, 9.17) is 5.73 Å². The van der Waals surface area contributed by atoms with Crippen LogP contribution in [0.1, 0.15) is 24.5 Å². The number of nitrogens with one attached hydrogen (secondary N) is 3. The Morgan fingerprint density at radius 2 is 1.90 bits per heavy atom. The van der Waals surface area contributed by atoms with E-state index >= 15 is 0 Å². The molecule has 1 saturated carbocycles. The normalized spacial score (nSPS) is 13.3. The van der Waals surface area contributed by atoms with Crippen molar-refractivity contribution in [1.29, 1.82) is 0 Å². The summed E-state index contributed by atoms with van der Waals surface area (Å²) in [5, 5.41) is 11.6. The van der Waals surface area contributed by atoms with Crippen molar-refractivity contribution >= 4 is 40.0 Å². The van der Waals surface area contributed by atoms with E-state index in [0.717, 1.165) is 10.6 Å². The summed E-state index contributed by atoms with van der Waals surface area (Å²) in [6.07, 6.45) is 2.36. The van der Waals surface area contributed by atoms with Crippen molar-refractivity contribution in [2.45, 2.75) is 28.8 Å². The zero-order chi connectivity index (χ0) is 19.1. The molecule has 0 aliphatic heterocycles. The van der Waals surface area contributed by atoms with Crippen molar-refractivity contribution < 1.29 is 48.5 Å². The van der Waals surface area contributed by atoms with Crippen molar-refractivity contribution in [1.82, 2.24) is 20.2 Å². The van der Waals surface area contributed by atoms with Crippen LogP contribution >= 0.6 is 11.8 Å². The van der Waals surface area contributed by atoms with Crippen molar-refractivity contribution in [2.75, 3.05) is 5.32 Å². The SMILES string of the molecule is [Ac].[NH-]c1ccc(Sc2nc(Nc3cc(C4CC4)[nH]n3)c3cccc(F)c3n2)cc1. The van der Waals surface area contributed by atoms with Crippen LogP contribution in [0.15, 0.2) is 58.6 Å². The maximum Gasteiger partial charge on any atom is 0.195 e. The molecule has 0 saturated heterocycles. The zero-order valence-corrected chi connectivity index (χ0v) is 20.9. The van der Waals surface area contributed by atoms with E-state index in [9.17, 15) is 4.39 Å². The molecular weight excluding hydrogens is 602 g/mol. The Morgan fingerprint density at radius 3 is 2.66 bits per heavy atom. The first-order valence-electron chi connectivity index (χ1n) is 8.94. The molecule has 6 nitrogen and oxygen atoms in total. The molecular formula is C20H16AcFN6S-. The predicted octanol–water partition coefficient (Wildman–Crippen LogP) is 5.95. The first kappa shape index (κ1) is 20.6. The molecule has 29 heavy (non-hydrogen) atoms. The van der Waals surface area contributed by atoms with Gasteiger partial charge < -0.3 is 11.1 Å². The van der Waals surface area contributed by atoms with Gasteiger partial charge in [-0.1, -0.05) is 18.2 Å². The Morgan fingerprint density at radius 1 is 1.10 bits per heavy atom. The number of para-hydroxylation sites is 1. The van der Waals surface area contributed by atoms with Gasteiger partial charge in [-0.2, -0.15) is 5.10 Å². The molecule has 2 aromatic heterocycles. The minimum atomic E-state index is -0.396. The third-order valence-electron chi connectivity index (χ3n) is 4.58. The van der Waals surface area contributed by atoms with Gasteiger partial charge in [0.15, 0.2) is 11.0 Å². The molecule has 1 radical (unpaired) electrons. The summed E-state index contributed by atoms with van der Waals surface area (Å²) in [5.74, 6) is 1.33. The number of halogens is 1. The summed E-state index contributed by atoms with van der Waals surface area (Å²) in [5.41, 5.74) is 9.40. The molecule has 0 amide bonds. The molecule has 9 heteroatoms. The topological polar surface area (TPSA) is 90.3 Å². The Balaban J connectivity index is 0.00000205. The van der Waals surface area contributed by atoms with Crippen molar-refractivity contribution in [3.8, 4) is 0 Å². The molecule has 4 aromatic rings. The number of H-pyrrole nitrogens is 1. The second kappa shape index (κ2) is 8.59. The standard InChI is InChI=1S/C20H16FN6S.Ac/c21-15-3-1-2-14-18(15)24-20(28-13-8-6-12(22)7-9-13)25-19(14)23-17-10-16(26-27-17)11-4-5-11;/h1-3,6-11,22H,4-5H2,(H2,23,24,25,26,27);/q-1;. The van der Waals surface area contributed by atoms with Crippen LogP contribution in [0.4, 0.5) is 21.7 Å². The first-order valence-corrected chi connectivity index (χ1v) is 9.75. The number of benzene rings is 2. The fourth-order valence-corrected chi connectivity index (χ4v) is 3.75. The molecule has 3 N–H and O–H groups in total. The van der Waals surface area contributed by atoms with E-state index in [2.05, 4.69) is 25.5 Å². The molecule has 1 aliphatic carbocycles. The van der Waals surface area contributed by atoms with Crippen molar-refractivity contribution in [3.05, 3.63) is 65.8 Å². The number of aromatic nitrogens is 4. The summed E-state index contributed by atoms with van der Waals surface area (Å²) in [4.78, 5) is 9.88. The maximum absolute atomic E-state index is 14.4. The van der Waals surface area contributed by atoms with Crippen LogP contribution in [0.25, 0.3) is 16.6 Å². The van der Waals surface area contributed by atoms with Crippen LogP contribution in [0.2, 0.25) is 0 Å². The molecule has 0 atom stereocenters. The van der Waals surface area contributed by atoms with Gasteiger partial charge in [0, 0.05) is 72.0 Å². The summed E-state index contributed by atoms with van der Waals surface area (Å²) < 4.78 is 14.4. The third kappa shape index (κ3) is 4.57. The largest absolute Gasteiger partial charge is 0.699 e. The van der Waals surface area contributed by atoms with Crippen LogP contribution in [0, 0.1) is 49.9 Å². The number of fused-ring (bicyclic) bond motifs is 1. The van der Waals surface area contributed by atoms with Crippen molar-refractivity contribution in [2.24, 2.45) is 0 Å². The van der Waals surface area contributed by atoms with Gasteiger partial charge in [-0.3, -0.25) is 5.10 Å². The molecule has 2 aromatic carbocycles. The minimum absolute atomic E-state index is 0. The summed E-state index contributed by atoms with van der Waals surface area (Å²) >= 11 is 1.32. The van der Waals surface area contributed by atoms with Gasteiger partial charge >= 0.3 is 0 Å². The zero-order valence-electron chi connectivity index (χ0n) is 15.3. The summed E-state index contributed by atoms with van der Waals surface area (Å²) in [6, 6.07) is 13.9. The van der Waals surface area contributed by atoms with Gasteiger partial charge in [-0.25, -0.2) is 14.4 Å². The molecule has 0 spiro atoms. The maximum atomic E-state index is 14.4. The smallest absolute Gasteiger partial charge is 0.195 e.